The lowest BCUT2D eigenvalue weighted by atomic mass is 10.2. The third-order valence-electron chi connectivity index (χ3n) is 3.49. The predicted octanol–water partition coefficient (Wildman–Crippen LogP) is 3.13. The van der Waals surface area contributed by atoms with Crippen molar-refractivity contribution in [1.82, 2.24) is 14.9 Å². The second-order valence-electron chi connectivity index (χ2n) is 5.37. The average molecular weight is 409 g/mol. The number of rotatable bonds is 7. The van der Waals surface area contributed by atoms with Crippen molar-refractivity contribution in [3.63, 3.8) is 0 Å². The molecule has 0 atom stereocenters. The Kier molecular flexibility index (Phi) is 6.04. The molecule has 0 bridgehead atoms. The summed E-state index contributed by atoms with van der Waals surface area (Å²) in [5.74, 6) is 4.71. The fourth-order valence-corrected chi connectivity index (χ4v) is 2.94. The highest BCUT2D eigenvalue weighted by Crippen LogP contribution is 2.27. The molecule has 0 saturated carbocycles. The number of halogens is 3. The Morgan fingerprint density at radius 2 is 1.89 bits per heavy atom. The fourth-order valence-electron chi connectivity index (χ4n) is 2.29. The maximum Gasteiger partial charge on any atom is 0.387 e. The molecule has 1 heterocycles. The van der Waals surface area contributed by atoms with E-state index in [-0.39, 0.29) is 33.7 Å². The van der Waals surface area contributed by atoms with Crippen molar-refractivity contribution in [1.29, 1.82) is 0 Å². The van der Waals surface area contributed by atoms with Crippen LogP contribution in [0.2, 0.25) is 0 Å². The van der Waals surface area contributed by atoms with E-state index in [1.165, 1.54) is 36.4 Å². The first-order chi connectivity index (χ1) is 13.5. The molecule has 7 nitrogen and oxygen atoms in total. The zero-order chi connectivity index (χ0) is 20.1. The summed E-state index contributed by atoms with van der Waals surface area (Å²) < 4.78 is 44.2. The second-order valence-corrected chi connectivity index (χ2v) is 6.31. The number of para-hydroxylation sites is 2. The molecule has 0 fully saturated rings. The number of alkyl halides is 2. The van der Waals surface area contributed by atoms with Gasteiger partial charge in [0, 0.05) is 0 Å². The van der Waals surface area contributed by atoms with E-state index in [0.29, 0.717) is 0 Å². The monoisotopic (exact) mass is 409 g/mol. The number of benzene rings is 2. The van der Waals surface area contributed by atoms with E-state index in [2.05, 4.69) is 20.3 Å². The van der Waals surface area contributed by atoms with Crippen LogP contribution >= 0.6 is 11.8 Å². The first kappa shape index (κ1) is 19.5. The number of carbonyl (C=O) groups is 1. The number of hydrogen-bond acceptors (Lipinski definition) is 6. The number of aromatic nitrogens is 3. The molecule has 0 radical (unpaired) electrons. The predicted molar refractivity (Wildman–Crippen MR) is 98.0 cm³/mol. The summed E-state index contributed by atoms with van der Waals surface area (Å²) in [7, 11) is 0. The Hall–Kier alpha value is -3.21. The van der Waals surface area contributed by atoms with Crippen molar-refractivity contribution < 1.29 is 22.7 Å². The van der Waals surface area contributed by atoms with Crippen LogP contribution in [-0.4, -0.2) is 33.1 Å². The molecule has 146 valence electrons. The van der Waals surface area contributed by atoms with Gasteiger partial charge in [0.2, 0.25) is 11.1 Å². The molecule has 1 aromatic heterocycles. The zero-order valence-corrected chi connectivity index (χ0v) is 15.0. The molecule has 3 aromatic rings. The summed E-state index contributed by atoms with van der Waals surface area (Å²) in [4.78, 5) is 12.1. The molecule has 11 heteroatoms. The van der Waals surface area contributed by atoms with Gasteiger partial charge in [-0.25, -0.2) is 9.07 Å². The molecular formula is C17H14F3N5O2S. The molecule has 0 unspecified atom stereocenters. The number of hydrogen-bond donors (Lipinski definition) is 2. The van der Waals surface area contributed by atoms with E-state index < -0.39 is 18.3 Å². The van der Waals surface area contributed by atoms with Gasteiger partial charge in [-0.05, 0) is 24.3 Å². The third-order valence-corrected chi connectivity index (χ3v) is 4.43. The van der Waals surface area contributed by atoms with E-state index in [0.717, 1.165) is 16.4 Å². The third kappa shape index (κ3) is 4.55. The number of nitrogen functional groups attached to an aromatic ring is 1. The van der Waals surface area contributed by atoms with Crippen LogP contribution in [0.4, 0.5) is 18.9 Å². The van der Waals surface area contributed by atoms with Crippen LogP contribution in [0.1, 0.15) is 0 Å². The van der Waals surface area contributed by atoms with Gasteiger partial charge >= 0.3 is 6.61 Å². The van der Waals surface area contributed by atoms with Crippen LogP contribution in [-0.2, 0) is 4.79 Å². The minimum Gasteiger partial charge on any atom is -0.433 e. The summed E-state index contributed by atoms with van der Waals surface area (Å²) in [6.07, 6.45) is 0. The Bertz CT molecular complexity index is 983. The Labute approximate surface area is 161 Å². The van der Waals surface area contributed by atoms with Gasteiger partial charge in [-0.3, -0.25) is 4.79 Å². The number of nitrogens with zero attached hydrogens (tertiary/aromatic N) is 3. The fraction of sp³-hybridized carbons (Fsp3) is 0.118. The minimum absolute atomic E-state index is 0.106. The van der Waals surface area contributed by atoms with Crippen LogP contribution in [0.3, 0.4) is 0 Å². The van der Waals surface area contributed by atoms with E-state index in [4.69, 9.17) is 5.84 Å². The molecule has 28 heavy (non-hydrogen) atoms. The average Bonchev–Trinajstić information content (AvgIpc) is 3.02. The molecule has 0 spiro atoms. The molecule has 2 aromatic carbocycles. The number of thioether (sulfide) groups is 1. The maximum absolute atomic E-state index is 13.9. The number of amides is 1. The summed E-state index contributed by atoms with van der Waals surface area (Å²) in [6.45, 7) is -3.01. The van der Waals surface area contributed by atoms with Crippen LogP contribution < -0.4 is 15.9 Å². The Balaban J connectivity index is 1.66. The highest BCUT2D eigenvalue weighted by Gasteiger charge is 2.17. The SMILES string of the molecule is Nn1c(SCC(=O)Nc2ccccc2OC(F)F)nnc1-c1ccccc1F. The molecule has 0 aliphatic heterocycles. The van der Waals surface area contributed by atoms with Crippen molar-refractivity contribution in [3.8, 4) is 17.1 Å². The standard InChI is InChI=1S/C17H14F3N5O2S/c18-11-6-2-1-5-10(11)15-23-24-17(25(15)21)28-9-14(26)22-12-7-3-4-8-13(12)27-16(19)20/h1-8,16H,9,21H2,(H,22,26). The number of carbonyl (C=O) groups excluding carboxylic acids is 1. The molecule has 0 saturated heterocycles. The first-order valence-corrected chi connectivity index (χ1v) is 8.86. The minimum atomic E-state index is -3.01. The molecule has 0 aliphatic carbocycles. The van der Waals surface area contributed by atoms with Gasteiger partial charge in [0.1, 0.15) is 11.6 Å². The van der Waals surface area contributed by atoms with Crippen molar-refractivity contribution in [3.05, 3.63) is 54.3 Å². The van der Waals surface area contributed by atoms with Crippen LogP contribution in [0.25, 0.3) is 11.4 Å². The summed E-state index contributed by atoms with van der Waals surface area (Å²) >= 11 is 0.956. The van der Waals surface area contributed by atoms with E-state index >= 15 is 0 Å². The Morgan fingerprint density at radius 3 is 2.64 bits per heavy atom. The van der Waals surface area contributed by atoms with Gasteiger partial charge in [0.25, 0.3) is 0 Å². The van der Waals surface area contributed by atoms with Gasteiger partial charge in [-0.2, -0.15) is 8.78 Å². The molecular weight excluding hydrogens is 395 g/mol. The molecule has 0 aliphatic rings. The van der Waals surface area contributed by atoms with Gasteiger partial charge in [-0.15, -0.1) is 10.2 Å². The van der Waals surface area contributed by atoms with Crippen LogP contribution in [0.15, 0.2) is 53.7 Å². The summed E-state index contributed by atoms with van der Waals surface area (Å²) in [6, 6.07) is 11.8. The number of nitrogens with one attached hydrogen (secondary N) is 1. The van der Waals surface area contributed by atoms with Gasteiger partial charge in [0.15, 0.2) is 5.82 Å². The second kappa shape index (κ2) is 8.65. The van der Waals surface area contributed by atoms with Gasteiger partial charge in [0.05, 0.1) is 17.0 Å². The van der Waals surface area contributed by atoms with E-state index in [1.54, 1.807) is 12.1 Å². The van der Waals surface area contributed by atoms with Crippen molar-refractivity contribution in [2.45, 2.75) is 11.8 Å². The normalized spacial score (nSPS) is 10.9. The quantitative estimate of drug-likeness (QED) is 0.460. The highest BCUT2D eigenvalue weighted by molar-refractivity contribution is 7.99. The summed E-state index contributed by atoms with van der Waals surface area (Å²) in [5.41, 5.74) is 0.279. The molecule has 3 N–H and O–H groups in total. The summed E-state index contributed by atoms with van der Waals surface area (Å²) in [5, 5.41) is 10.4. The van der Waals surface area contributed by atoms with Crippen LogP contribution in [0.5, 0.6) is 5.75 Å². The largest absolute Gasteiger partial charge is 0.433 e. The lowest BCUT2D eigenvalue weighted by molar-refractivity contribution is -0.113. The lowest BCUT2D eigenvalue weighted by Gasteiger charge is -2.11. The van der Waals surface area contributed by atoms with Crippen LogP contribution in [0, 0.1) is 5.82 Å². The molecule has 3 rings (SSSR count). The van der Waals surface area contributed by atoms with Gasteiger partial charge in [-0.1, -0.05) is 36.0 Å². The smallest absolute Gasteiger partial charge is 0.387 e. The number of nitrogens with two attached hydrogens (primary N) is 1. The Morgan fingerprint density at radius 1 is 1.18 bits per heavy atom. The zero-order valence-electron chi connectivity index (χ0n) is 14.2. The van der Waals surface area contributed by atoms with E-state index in [9.17, 15) is 18.0 Å². The molecule has 1 amide bonds. The number of ether oxygens (including phenoxy) is 1. The lowest BCUT2D eigenvalue weighted by Crippen LogP contribution is -2.17. The van der Waals surface area contributed by atoms with Gasteiger partial charge < -0.3 is 15.9 Å². The maximum atomic E-state index is 13.9. The van der Waals surface area contributed by atoms with E-state index in [1.807, 2.05) is 0 Å². The highest BCUT2D eigenvalue weighted by atomic mass is 32.2. The van der Waals surface area contributed by atoms with Crippen molar-refractivity contribution in [2.24, 2.45) is 0 Å². The number of anilines is 1. The van der Waals surface area contributed by atoms with Crippen molar-refractivity contribution >= 4 is 23.4 Å². The first-order valence-electron chi connectivity index (χ1n) is 7.87. The van der Waals surface area contributed by atoms with Crippen molar-refractivity contribution in [2.75, 3.05) is 16.9 Å². The topological polar surface area (TPSA) is 95.1 Å².